The molecule has 8 heteroatoms. The van der Waals surface area contributed by atoms with Gasteiger partial charge in [-0.05, 0) is 64.1 Å². The highest BCUT2D eigenvalue weighted by atomic mass is 16.3. The molecule has 2 aliphatic heterocycles. The van der Waals surface area contributed by atoms with Crippen LogP contribution in [0.1, 0.15) is 69.4 Å². The van der Waals surface area contributed by atoms with E-state index in [1.54, 1.807) is 19.5 Å². The zero-order valence-corrected chi connectivity index (χ0v) is 22.0. The van der Waals surface area contributed by atoms with Gasteiger partial charge in [-0.2, -0.15) is 0 Å². The number of nitrogens with one attached hydrogen (secondary N) is 2. The van der Waals surface area contributed by atoms with Crippen molar-refractivity contribution in [3.63, 3.8) is 0 Å². The quantitative estimate of drug-likeness (QED) is 0.493. The first-order chi connectivity index (χ1) is 18.0. The van der Waals surface area contributed by atoms with Crippen LogP contribution in [0, 0.1) is 12.8 Å². The molecule has 1 saturated carbocycles. The lowest BCUT2D eigenvalue weighted by molar-refractivity contribution is -0.139. The minimum Gasteiger partial charge on any atom is -0.464 e. The number of fused-ring (bicyclic) bond motifs is 1. The van der Waals surface area contributed by atoms with E-state index in [9.17, 15) is 9.59 Å². The predicted octanol–water partition coefficient (Wildman–Crippen LogP) is 4.49. The molecule has 3 heterocycles. The summed E-state index contributed by atoms with van der Waals surface area (Å²) in [4.78, 5) is 38.3. The van der Waals surface area contributed by atoms with Crippen molar-refractivity contribution in [2.45, 2.75) is 76.9 Å². The topological polar surface area (TPSA) is 100 Å². The van der Waals surface area contributed by atoms with Crippen molar-refractivity contribution >= 4 is 11.8 Å². The van der Waals surface area contributed by atoms with Gasteiger partial charge in [0.2, 0.25) is 11.8 Å². The van der Waals surface area contributed by atoms with Crippen LogP contribution in [0.4, 0.5) is 0 Å². The van der Waals surface area contributed by atoms with Gasteiger partial charge in [-0.15, -0.1) is 0 Å². The molecule has 2 aliphatic carbocycles. The fraction of sp³-hybridized carbons (Fsp3) is 0.517. The van der Waals surface area contributed by atoms with Gasteiger partial charge in [0, 0.05) is 18.3 Å². The molecule has 196 valence electrons. The summed E-state index contributed by atoms with van der Waals surface area (Å²) in [6.45, 7) is 4.33. The van der Waals surface area contributed by atoms with Crippen LogP contribution in [0.5, 0.6) is 0 Å². The number of rotatable bonds is 7. The van der Waals surface area contributed by atoms with Crippen molar-refractivity contribution in [3.8, 4) is 22.5 Å². The molecule has 2 N–H and O–H groups in total. The normalized spacial score (nSPS) is 20.2. The van der Waals surface area contributed by atoms with E-state index in [1.807, 2.05) is 36.9 Å². The van der Waals surface area contributed by atoms with Gasteiger partial charge >= 0.3 is 0 Å². The molecule has 1 aromatic rings. The Labute approximate surface area is 218 Å². The monoisotopic (exact) mass is 503 g/mol. The molecule has 0 spiro atoms. The van der Waals surface area contributed by atoms with Crippen LogP contribution in [-0.2, 0) is 9.59 Å². The van der Waals surface area contributed by atoms with Crippen molar-refractivity contribution in [2.75, 3.05) is 13.6 Å². The maximum atomic E-state index is 14.2. The van der Waals surface area contributed by atoms with E-state index < -0.39 is 6.04 Å². The Balaban J connectivity index is 1.48. The number of carbonyl (C=O) groups is 2. The highest BCUT2D eigenvalue weighted by Gasteiger charge is 2.40. The number of hydrogen-bond donors (Lipinski definition) is 2. The van der Waals surface area contributed by atoms with Crippen LogP contribution in [0.25, 0.3) is 22.5 Å². The van der Waals surface area contributed by atoms with E-state index in [-0.39, 0.29) is 29.8 Å². The van der Waals surface area contributed by atoms with Gasteiger partial charge in [0.25, 0.3) is 0 Å². The lowest BCUT2D eigenvalue weighted by Gasteiger charge is -2.35. The van der Waals surface area contributed by atoms with Gasteiger partial charge in [-0.3, -0.25) is 9.59 Å². The summed E-state index contributed by atoms with van der Waals surface area (Å²) in [5.41, 5.74) is 3.74. The summed E-state index contributed by atoms with van der Waals surface area (Å²) in [6.07, 6.45) is 10.5. The van der Waals surface area contributed by atoms with Crippen LogP contribution in [0.3, 0.4) is 0 Å². The summed E-state index contributed by atoms with van der Waals surface area (Å²) < 4.78 is 6.01. The number of likely N-dealkylation sites (N-methyl/N-ethyl adjacent to an activating group) is 1. The Morgan fingerprint density at radius 3 is 2.68 bits per heavy atom. The Morgan fingerprint density at radius 2 is 1.89 bits per heavy atom. The molecule has 0 radical (unpaired) electrons. The fourth-order valence-electron chi connectivity index (χ4n) is 5.81. The van der Waals surface area contributed by atoms with Crippen molar-refractivity contribution in [1.29, 1.82) is 0 Å². The molecule has 2 amide bonds. The van der Waals surface area contributed by atoms with E-state index in [1.165, 1.54) is 6.42 Å². The predicted molar refractivity (Wildman–Crippen MR) is 142 cm³/mol. The fourth-order valence-corrected chi connectivity index (χ4v) is 5.81. The molecule has 37 heavy (non-hydrogen) atoms. The SMILES string of the molecule is CNC(C)C(=O)N[C@H](C(=O)N1CCC[C@H]1c1nc(C)ncc1-c1cc2cccc-2co1)C1CCCCC1. The third kappa shape index (κ3) is 5.25. The zero-order valence-electron chi connectivity index (χ0n) is 22.0. The number of likely N-dealkylation sites (tertiary alicyclic amines) is 1. The Bertz CT molecular complexity index is 1220. The lowest BCUT2D eigenvalue weighted by atomic mass is 9.83. The van der Waals surface area contributed by atoms with E-state index in [4.69, 9.17) is 9.40 Å². The van der Waals surface area contributed by atoms with Gasteiger partial charge in [0.1, 0.15) is 17.6 Å². The summed E-state index contributed by atoms with van der Waals surface area (Å²) in [5.74, 6) is 1.36. The second-order valence-electron chi connectivity index (χ2n) is 10.5. The van der Waals surface area contributed by atoms with Crippen LogP contribution >= 0.6 is 0 Å². The first kappa shape index (κ1) is 25.4. The molecule has 4 aliphatic rings. The number of nitrogens with zero attached hydrogens (tertiary/aromatic N) is 3. The second-order valence-corrected chi connectivity index (χ2v) is 10.5. The third-order valence-corrected chi connectivity index (χ3v) is 8.05. The molecule has 1 saturated heterocycles. The highest BCUT2D eigenvalue weighted by molar-refractivity contribution is 5.90. The highest BCUT2D eigenvalue weighted by Crippen LogP contribution is 2.39. The van der Waals surface area contributed by atoms with E-state index in [0.29, 0.717) is 18.1 Å². The molecular weight excluding hydrogens is 466 g/mol. The summed E-state index contributed by atoms with van der Waals surface area (Å²) >= 11 is 0. The molecule has 0 bridgehead atoms. The molecule has 1 aromatic heterocycles. The van der Waals surface area contributed by atoms with Gasteiger partial charge in [-0.1, -0.05) is 37.5 Å². The average molecular weight is 504 g/mol. The maximum Gasteiger partial charge on any atom is 0.246 e. The molecule has 0 aromatic carbocycles. The molecule has 5 rings (SSSR count). The van der Waals surface area contributed by atoms with Crippen LogP contribution < -0.4 is 10.6 Å². The largest absolute Gasteiger partial charge is 0.464 e. The van der Waals surface area contributed by atoms with E-state index >= 15 is 0 Å². The molecule has 3 atom stereocenters. The molecular formula is C29H37N5O3. The number of aromatic nitrogens is 2. The van der Waals surface area contributed by atoms with Crippen LogP contribution in [0.15, 0.2) is 41.1 Å². The number of aryl methyl sites for hydroxylation is 1. The smallest absolute Gasteiger partial charge is 0.246 e. The first-order valence-electron chi connectivity index (χ1n) is 13.6. The summed E-state index contributed by atoms with van der Waals surface area (Å²) in [6, 6.07) is 7.00. The van der Waals surface area contributed by atoms with Gasteiger partial charge < -0.3 is 20.0 Å². The Morgan fingerprint density at radius 1 is 1.11 bits per heavy atom. The second kappa shape index (κ2) is 11.0. The number of hydrogen-bond acceptors (Lipinski definition) is 6. The van der Waals surface area contributed by atoms with Crippen molar-refractivity contribution in [3.05, 3.63) is 48.2 Å². The van der Waals surface area contributed by atoms with E-state index in [0.717, 1.165) is 60.9 Å². The summed E-state index contributed by atoms with van der Waals surface area (Å²) in [7, 11) is 1.76. The average Bonchev–Trinajstić information content (AvgIpc) is 3.60. The van der Waals surface area contributed by atoms with Crippen molar-refractivity contribution in [1.82, 2.24) is 25.5 Å². The standard InChI is InChI=1S/C29H37N5O3/c1-18(30-3)28(35)33-26(20-9-5-4-6-10-20)29(36)34-14-8-13-24(34)27-23(16-31-19(2)32-27)25-15-21-11-7-12-22(21)17-37-25/h7,11-12,15-18,20,24,26,30H,4-6,8-10,13-14H2,1-3H3,(H,33,35)/t18?,24-,26-/m0/s1. The van der Waals surface area contributed by atoms with Crippen LogP contribution in [0.2, 0.25) is 0 Å². The molecule has 2 fully saturated rings. The number of carbonyl (C=O) groups excluding carboxylic acids is 2. The maximum absolute atomic E-state index is 14.2. The van der Waals surface area contributed by atoms with Gasteiger partial charge in [0.15, 0.2) is 0 Å². The minimum atomic E-state index is -0.527. The van der Waals surface area contributed by atoms with E-state index in [2.05, 4.69) is 21.7 Å². The molecule has 1 unspecified atom stereocenters. The van der Waals surface area contributed by atoms with Crippen LogP contribution in [-0.4, -0.2) is 52.4 Å². The Kier molecular flexibility index (Phi) is 7.55. The lowest BCUT2D eigenvalue weighted by Crippen LogP contribution is -2.55. The summed E-state index contributed by atoms with van der Waals surface area (Å²) in [5, 5.41) is 6.11. The minimum absolute atomic E-state index is 0.00306. The van der Waals surface area contributed by atoms with Gasteiger partial charge in [-0.25, -0.2) is 9.97 Å². The molecule has 8 nitrogen and oxygen atoms in total. The Hall–Kier alpha value is -3.26. The third-order valence-electron chi connectivity index (χ3n) is 8.05. The zero-order chi connectivity index (χ0) is 25.9. The van der Waals surface area contributed by atoms with Gasteiger partial charge in [0.05, 0.1) is 29.6 Å². The first-order valence-corrected chi connectivity index (χ1v) is 13.6. The van der Waals surface area contributed by atoms with Crippen molar-refractivity contribution in [2.24, 2.45) is 5.92 Å². The van der Waals surface area contributed by atoms with Crippen molar-refractivity contribution < 1.29 is 14.0 Å². The number of amides is 2.